The molecule has 0 saturated carbocycles. The first-order valence-corrected chi connectivity index (χ1v) is 13.1. The van der Waals surface area contributed by atoms with Gasteiger partial charge in [0.05, 0.1) is 6.61 Å². The molecule has 40 heavy (non-hydrogen) atoms. The minimum Gasteiger partial charge on any atom is -0.490 e. The molecule has 0 spiro atoms. The van der Waals surface area contributed by atoms with E-state index in [1.807, 2.05) is 118 Å². The Kier molecular flexibility index (Phi) is 9.58. The van der Waals surface area contributed by atoms with Gasteiger partial charge in [0.15, 0.2) is 11.5 Å². The van der Waals surface area contributed by atoms with Gasteiger partial charge in [0.25, 0.3) is 5.91 Å². The smallest absolute Gasteiger partial charge is 0.266 e. The highest BCUT2D eigenvalue weighted by molar-refractivity contribution is 6.10. The maximum absolute atomic E-state index is 12.7. The van der Waals surface area contributed by atoms with Crippen LogP contribution in [0.2, 0.25) is 0 Å². The molecule has 4 aromatic carbocycles. The predicted octanol–water partition coefficient (Wildman–Crippen LogP) is 7.41. The number of nitrogens with zero attached hydrogens (tertiary/aromatic N) is 1. The van der Waals surface area contributed by atoms with Crippen molar-refractivity contribution in [3.8, 4) is 23.3 Å². The molecule has 0 bridgehead atoms. The van der Waals surface area contributed by atoms with Gasteiger partial charge in [-0.3, -0.25) is 4.79 Å². The Bertz CT molecular complexity index is 1520. The molecule has 202 valence electrons. The van der Waals surface area contributed by atoms with E-state index in [1.54, 1.807) is 6.08 Å². The van der Waals surface area contributed by atoms with Gasteiger partial charge < -0.3 is 19.5 Å². The fourth-order valence-corrected chi connectivity index (χ4v) is 3.98. The molecule has 0 aliphatic rings. The van der Waals surface area contributed by atoms with E-state index in [1.165, 1.54) is 0 Å². The molecule has 0 aliphatic heterocycles. The molecule has 0 aromatic heterocycles. The third-order valence-corrected chi connectivity index (χ3v) is 6.36. The highest BCUT2D eigenvalue weighted by Crippen LogP contribution is 2.30. The third kappa shape index (κ3) is 7.52. The first kappa shape index (κ1) is 28.0. The Labute approximate surface area is 235 Å². The van der Waals surface area contributed by atoms with E-state index >= 15 is 0 Å². The zero-order valence-corrected chi connectivity index (χ0v) is 22.9. The van der Waals surface area contributed by atoms with Crippen molar-refractivity contribution in [1.29, 1.82) is 5.26 Å². The molecular formula is C34H32N2O4. The van der Waals surface area contributed by atoms with Crippen molar-refractivity contribution in [2.24, 2.45) is 0 Å². The van der Waals surface area contributed by atoms with Crippen LogP contribution in [0.4, 0.5) is 5.69 Å². The Morgan fingerprint density at radius 1 is 0.825 bits per heavy atom. The standard InChI is InChI=1S/C34H32N2O4/c1-4-38-33-20-28(15-18-32(33)40-22-27-10-6-5-7-11-27)23-39-30-16-13-26(14-17-30)19-29(21-35)34(37)36-31-12-8-9-24(2)25(31)3/h5-20H,4,22-23H2,1-3H3,(H,36,37)/b29-19-. The fraction of sp³-hybridized carbons (Fsp3) is 0.176. The van der Waals surface area contributed by atoms with Crippen molar-refractivity contribution in [2.45, 2.75) is 34.0 Å². The summed E-state index contributed by atoms with van der Waals surface area (Å²) in [6, 6.07) is 30.7. The topological polar surface area (TPSA) is 80.6 Å². The van der Waals surface area contributed by atoms with Gasteiger partial charge in [-0.1, -0.05) is 60.7 Å². The van der Waals surface area contributed by atoms with E-state index in [9.17, 15) is 10.1 Å². The quantitative estimate of drug-likeness (QED) is 0.161. The average molecular weight is 533 g/mol. The van der Waals surface area contributed by atoms with Crippen LogP contribution in [0.25, 0.3) is 6.08 Å². The molecule has 0 heterocycles. The van der Waals surface area contributed by atoms with Crippen molar-refractivity contribution >= 4 is 17.7 Å². The van der Waals surface area contributed by atoms with Gasteiger partial charge in [0.1, 0.15) is 30.6 Å². The maximum Gasteiger partial charge on any atom is 0.266 e. The monoisotopic (exact) mass is 532 g/mol. The maximum atomic E-state index is 12.7. The molecule has 0 saturated heterocycles. The lowest BCUT2D eigenvalue weighted by molar-refractivity contribution is -0.112. The molecule has 1 amide bonds. The summed E-state index contributed by atoms with van der Waals surface area (Å²) in [4.78, 5) is 12.7. The Hall–Kier alpha value is -5.02. The lowest BCUT2D eigenvalue weighted by Crippen LogP contribution is -2.14. The highest BCUT2D eigenvalue weighted by Gasteiger charge is 2.12. The Balaban J connectivity index is 1.37. The molecule has 0 unspecified atom stereocenters. The molecule has 4 rings (SSSR count). The molecule has 0 radical (unpaired) electrons. The van der Waals surface area contributed by atoms with Crippen LogP contribution in [-0.4, -0.2) is 12.5 Å². The van der Waals surface area contributed by atoms with Gasteiger partial charge in [-0.25, -0.2) is 0 Å². The summed E-state index contributed by atoms with van der Waals surface area (Å²) < 4.78 is 17.8. The second-order valence-electron chi connectivity index (χ2n) is 9.22. The van der Waals surface area contributed by atoms with Gasteiger partial charge in [0.2, 0.25) is 0 Å². The molecule has 0 atom stereocenters. The van der Waals surface area contributed by atoms with Gasteiger partial charge in [-0.15, -0.1) is 0 Å². The third-order valence-electron chi connectivity index (χ3n) is 6.36. The zero-order chi connectivity index (χ0) is 28.3. The molecular weight excluding hydrogens is 500 g/mol. The van der Waals surface area contributed by atoms with Gasteiger partial charge >= 0.3 is 0 Å². The molecule has 6 heteroatoms. The minimum absolute atomic E-state index is 0.0209. The van der Waals surface area contributed by atoms with Gasteiger partial charge in [-0.05, 0) is 85.0 Å². The fourth-order valence-electron chi connectivity index (χ4n) is 3.98. The van der Waals surface area contributed by atoms with Crippen molar-refractivity contribution < 1.29 is 19.0 Å². The van der Waals surface area contributed by atoms with Crippen molar-refractivity contribution in [3.05, 3.63) is 124 Å². The number of amides is 1. The summed E-state index contributed by atoms with van der Waals surface area (Å²) in [6.07, 6.45) is 1.56. The van der Waals surface area contributed by atoms with Gasteiger partial charge in [0, 0.05) is 5.69 Å². The number of carbonyl (C=O) groups excluding carboxylic acids is 1. The van der Waals surface area contributed by atoms with Gasteiger partial charge in [-0.2, -0.15) is 5.26 Å². The number of nitrogens with one attached hydrogen (secondary N) is 1. The summed E-state index contributed by atoms with van der Waals surface area (Å²) >= 11 is 0. The van der Waals surface area contributed by atoms with E-state index in [4.69, 9.17) is 14.2 Å². The number of hydrogen-bond donors (Lipinski definition) is 1. The summed E-state index contributed by atoms with van der Waals surface area (Å²) in [5, 5.41) is 12.4. The number of benzene rings is 4. The van der Waals surface area contributed by atoms with Crippen molar-refractivity contribution in [1.82, 2.24) is 0 Å². The second kappa shape index (κ2) is 13.7. The second-order valence-corrected chi connectivity index (χ2v) is 9.22. The van der Waals surface area contributed by atoms with Crippen LogP contribution in [-0.2, 0) is 18.0 Å². The Morgan fingerprint density at radius 2 is 1.57 bits per heavy atom. The van der Waals surface area contributed by atoms with Crippen LogP contribution >= 0.6 is 0 Å². The van der Waals surface area contributed by atoms with Crippen molar-refractivity contribution in [2.75, 3.05) is 11.9 Å². The zero-order valence-electron chi connectivity index (χ0n) is 22.9. The molecule has 1 N–H and O–H groups in total. The predicted molar refractivity (Wildman–Crippen MR) is 157 cm³/mol. The van der Waals surface area contributed by atoms with E-state index in [0.717, 1.165) is 27.8 Å². The van der Waals surface area contributed by atoms with Crippen LogP contribution in [0.1, 0.15) is 34.7 Å². The molecule has 0 fully saturated rings. The van der Waals surface area contributed by atoms with E-state index in [-0.39, 0.29) is 5.57 Å². The first-order chi connectivity index (χ1) is 19.5. The van der Waals surface area contributed by atoms with Crippen LogP contribution in [0, 0.1) is 25.2 Å². The number of rotatable bonds is 11. The average Bonchev–Trinajstić information content (AvgIpc) is 2.98. The lowest BCUT2D eigenvalue weighted by Gasteiger charge is -2.14. The number of anilines is 1. The molecule has 0 aliphatic carbocycles. The number of hydrogen-bond acceptors (Lipinski definition) is 5. The van der Waals surface area contributed by atoms with Crippen LogP contribution in [0.15, 0.2) is 96.6 Å². The van der Waals surface area contributed by atoms with Crippen LogP contribution < -0.4 is 19.5 Å². The number of ether oxygens (including phenoxy) is 3. The van der Waals surface area contributed by atoms with E-state index in [2.05, 4.69) is 5.32 Å². The largest absolute Gasteiger partial charge is 0.490 e. The highest BCUT2D eigenvalue weighted by atomic mass is 16.5. The summed E-state index contributed by atoms with van der Waals surface area (Å²) in [7, 11) is 0. The Morgan fingerprint density at radius 3 is 2.30 bits per heavy atom. The number of carbonyl (C=O) groups is 1. The SMILES string of the molecule is CCOc1cc(COc2ccc(/C=C(/C#N)C(=O)Nc3cccc(C)c3C)cc2)ccc1OCc1ccccc1. The normalized spacial score (nSPS) is 10.9. The first-order valence-electron chi connectivity index (χ1n) is 13.1. The molecule has 6 nitrogen and oxygen atoms in total. The minimum atomic E-state index is -0.446. The van der Waals surface area contributed by atoms with E-state index < -0.39 is 5.91 Å². The van der Waals surface area contributed by atoms with E-state index in [0.29, 0.717) is 42.8 Å². The van der Waals surface area contributed by atoms with Crippen LogP contribution in [0.5, 0.6) is 17.2 Å². The van der Waals surface area contributed by atoms with Crippen molar-refractivity contribution in [3.63, 3.8) is 0 Å². The number of nitriles is 1. The number of aryl methyl sites for hydroxylation is 1. The van der Waals surface area contributed by atoms with Crippen LogP contribution in [0.3, 0.4) is 0 Å². The summed E-state index contributed by atoms with van der Waals surface area (Å²) in [6.45, 7) is 7.17. The summed E-state index contributed by atoms with van der Waals surface area (Å²) in [5.41, 5.74) is 5.49. The lowest BCUT2D eigenvalue weighted by atomic mass is 10.1. The summed E-state index contributed by atoms with van der Waals surface area (Å²) in [5.74, 6) is 1.57. The molecule has 4 aromatic rings.